The Bertz CT molecular complexity index is 551. The van der Waals surface area contributed by atoms with Crippen LogP contribution in [0, 0.1) is 0 Å². The third kappa shape index (κ3) is 2.80. The van der Waals surface area contributed by atoms with E-state index in [9.17, 15) is 5.11 Å². The molecular weight excluding hydrogens is 290 g/mol. The van der Waals surface area contributed by atoms with E-state index in [2.05, 4.69) is 10.0 Å². The number of ether oxygens (including phenoxy) is 4. The van der Waals surface area contributed by atoms with Crippen molar-refractivity contribution in [2.45, 2.75) is 36.9 Å². The maximum Gasteiger partial charge on any atom is 0.184 e. The molecule has 0 bridgehead atoms. The molecule has 0 saturated carbocycles. The highest BCUT2D eigenvalue weighted by molar-refractivity contribution is 5.16. The van der Waals surface area contributed by atoms with Crippen LogP contribution in [-0.4, -0.2) is 49.5 Å². The largest absolute Gasteiger partial charge is 0.390 e. The van der Waals surface area contributed by atoms with Gasteiger partial charge in [-0.05, 0) is 5.53 Å². The molecule has 2 aliphatic rings. The molecule has 0 amide bonds. The van der Waals surface area contributed by atoms with Crippen LogP contribution in [0.4, 0.5) is 0 Å². The SMILES string of the molecule is COC1OC2COC(c3ccccc3)OC2C(O)C1N=[N+]=[N-]. The number of azide groups is 1. The lowest BCUT2D eigenvalue weighted by molar-refractivity contribution is -0.338. The van der Waals surface area contributed by atoms with Crippen LogP contribution in [-0.2, 0) is 18.9 Å². The molecule has 0 aromatic heterocycles. The lowest BCUT2D eigenvalue weighted by Gasteiger charge is -2.46. The summed E-state index contributed by atoms with van der Waals surface area (Å²) in [6, 6.07) is 8.55. The topological polar surface area (TPSA) is 106 Å². The maximum absolute atomic E-state index is 10.5. The summed E-state index contributed by atoms with van der Waals surface area (Å²) in [6.45, 7) is 0.254. The second-order valence-electron chi connectivity index (χ2n) is 5.14. The van der Waals surface area contributed by atoms with Gasteiger partial charge in [-0.3, -0.25) is 0 Å². The third-order valence-corrected chi connectivity index (χ3v) is 3.82. The number of hydrogen-bond acceptors (Lipinski definition) is 6. The summed E-state index contributed by atoms with van der Waals surface area (Å²) in [5, 5.41) is 14.0. The highest BCUT2D eigenvalue weighted by Crippen LogP contribution is 2.35. The molecule has 0 radical (unpaired) electrons. The molecule has 3 rings (SSSR count). The fourth-order valence-electron chi connectivity index (χ4n) is 2.73. The second kappa shape index (κ2) is 6.62. The first-order valence-electron chi connectivity index (χ1n) is 6.97. The minimum absolute atomic E-state index is 0.254. The number of nitrogens with zero attached hydrogens (tertiary/aromatic N) is 3. The summed E-state index contributed by atoms with van der Waals surface area (Å²) in [7, 11) is 1.43. The summed E-state index contributed by atoms with van der Waals surface area (Å²) in [5.41, 5.74) is 9.50. The van der Waals surface area contributed by atoms with Gasteiger partial charge in [0, 0.05) is 17.6 Å². The van der Waals surface area contributed by atoms with Gasteiger partial charge in [-0.25, -0.2) is 0 Å². The predicted octanol–water partition coefficient (Wildman–Crippen LogP) is 1.51. The van der Waals surface area contributed by atoms with Crippen molar-refractivity contribution in [3.63, 3.8) is 0 Å². The summed E-state index contributed by atoms with van der Waals surface area (Å²) < 4.78 is 22.3. The number of methoxy groups -OCH3 is 1. The van der Waals surface area contributed by atoms with Gasteiger partial charge in [0.2, 0.25) is 0 Å². The van der Waals surface area contributed by atoms with Gasteiger partial charge in [0.05, 0.1) is 12.7 Å². The normalized spacial score (nSPS) is 37.9. The van der Waals surface area contributed by atoms with Crippen LogP contribution in [0.25, 0.3) is 10.4 Å². The van der Waals surface area contributed by atoms with Crippen molar-refractivity contribution in [1.29, 1.82) is 0 Å². The Kier molecular flexibility index (Phi) is 4.58. The monoisotopic (exact) mass is 307 g/mol. The quantitative estimate of drug-likeness (QED) is 0.517. The van der Waals surface area contributed by atoms with Crippen LogP contribution < -0.4 is 0 Å². The van der Waals surface area contributed by atoms with E-state index in [0.717, 1.165) is 5.56 Å². The van der Waals surface area contributed by atoms with Crippen molar-refractivity contribution >= 4 is 0 Å². The highest BCUT2D eigenvalue weighted by atomic mass is 16.7. The van der Waals surface area contributed by atoms with Gasteiger partial charge in [0.25, 0.3) is 0 Å². The standard InChI is InChI=1S/C14H17N3O5/c1-19-14-10(16-17-15)11(18)12-9(21-14)7-20-13(22-12)8-5-3-2-4-6-8/h2-6,9-14,18H,7H2,1H3. The van der Waals surface area contributed by atoms with E-state index in [4.69, 9.17) is 24.5 Å². The number of aliphatic hydroxyl groups is 1. The Morgan fingerprint density at radius 1 is 1.32 bits per heavy atom. The molecule has 8 nitrogen and oxygen atoms in total. The van der Waals surface area contributed by atoms with Crippen molar-refractivity contribution in [2.24, 2.45) is 5.11 Å². The molecule has 8 heteroatoms. The average molecular weight is 307 g/mol. The van der Waals surface area contributed by atoms with Gasteiger partial charge in [-0.1, -0.05) is 35.4 Å². The third-order valence-electron chi connectivity index (χ3n) is 3.82. The van der Waals surface area contributed by atoms with Gasteiger partial charge in [-0.2, -0.15) is 0 Å². The molecule has 2 fully saturated rings. The van der Waals surface area contributed by atoms with Crippen LogP contribution >= 0.6 is 0 Å². The Hall–Kier alpha value is -1.67. The molecule has 1 aromatic rings. The van der Waals surface area contributed by atoms with E-state index in [1.54, 1.807) is 0 Å². The summed E-state index contributed by atoms with van der Waals surface area (Å²) in [5.74, 6) is 0. The number of hydrogen-bond donors (Lipinski definition) is 1. The zero-order valence-corrected chi connectivity index (χ0v) is 12.0. The molecule has 0 aliphatic carbocycles. The van der Waals surface area contributed by atoms with Gasteiger partial charge < -0.3 is 24.1 Å². The van der Waals surface area contributed by atoms with Crippen molar-refractivity contribution in [3.8, 4) is 0 Å². The van der Waals surface area contributed by atoms with E-state index in [0.29, 0.717) is 0 Å². The van der Waals surface area contributed by atoms with E-state index in [1.165, 1.54) is 7.11 Å². The minimum atomic E-state index is -1.03. The Morgan fingerprint density at radius 2 is 2.09 bits per heavy atom. The second-order valence-corrected chi connectivity index (χ2v) is 5.14. The summed E-state index contributed by atoms with van der Waals surface area (Å²) in [4.78, 5) is 2.74. The molecule has 118 valence electrons. The first-order chi connectivity index (χ1) is 10.7. The number of aliphatic hydroxyl groups excluding tert-OH is 1. The van der Waals surface area contributed by atoms with Gasteiger partial charge in [0.1, 0.15) is 18.2 Å². The van der Waals surface area contributed by atoms with Crippen molar-refractivity contribution in [2.75, 3.05) is 13.7 Å². The Balaban J connectivity index is 1.79. The minimum Gasteiger partial charge on any atom is -0.390 e. The average Bonchev–Trinajstić information content (AvgIpc) is 2.58. The van der Waals surface area contributed by atoms with Gasteiger partial charge >= 0.3 is 0 Å². The van der Waals surface area contributed by atoms with Crippen molar-refractivity contribution in [3.05, 3.63) is 46.3 Å². The molecule has 6 atom stereocenters. The van der Waals surface area contributed by atoms with Crippen LogP contribution in [0.2, 0.25) is 0 Å². The molecule has 2 saturated heterocycles. The van der Waals surface area contributed by atoms with Gasteiger partial charge in [-0.15, -0.1) is 0 Å². The van der Waals surface area contributed by atoms with Gasteiger partial charge in [0.15, 0.2) is 12.6 Å². The number of fused-ring (bicyclic) bond motifs is 1. The van der Waals surface area contributed by atoms with Crippen molar-refractivity contribution < 1.29 is 24.1 Å². The van der Waals surface area contributed by atoms with E-state index in [-0.39, 0.29) is 6.61 Å². The zero-order valence-electron chi connectivity index (χ0n) is 12.0. The molecule has 1 aromatic carbocycles. The molecular formula is C14H17N3O5. The van der Waals surface area contributed by atoms with E-state index >= 15 is 0 Å². The smallest absolute Gasteiger partial charge is 0.184 e. The first kappa shape index (κ1) is 15.2. The van der Waals surface area contributed by atoms with Crippen LogP contribution in [0.5, 0.6) is 0 Å². The first-order valence-corrected chi connectivity index (χ1v) is 6.97. The van der Waals surface area contributed by atoms with E-state index < -0.39 is 36.9 Å². The number of benzene rings is 1. The lowest BCUT2D eigenvalue weighted by Crippen LogP contribution is -2.61. The molecule has 1 N–H and O–H groups in total. The van der Waals surface area contributed by atoms with Crippen LogP contribution in [0.1, 0.15) is 11.9 Å². The lowest BCUT2D eigenvalue weighted by atomic mass is 9.96. The van der Waals surface area contributed by atoms with Crippen molar-refractivity contribution in [1.82, 2.24) is 0 Å². The molecule has 0 spiro atoms. The molecule has 6 unspecified atom stereocenters. The summed E-state index contributed by atoms with van der Waals surface area (Å²) in [6.07, 6.45) is -3.58. The molecule has 2 heterocycles. The zero-order chi connectivity index (χ0) is 15.5. The molecule has 22 heavy (non-hydrogen) atoms. The van der Waals surface area contributed by atoms with E-state index in [1.807, 2.05) is 30.3 Å². The maximum atomic E-state index is 10.5. The highest BCUT2D eigenvalue weighted by Gasteiger charge is 2.49. The van der Waals surface area contributed by atoms with Crippen LogP contribution in [0.3, 0.4) is 0 Å². The molecule has 2 aliphatic heterocycles. The fourth-order valence-corrected chi connectivity index (χ4v) is 2.73. The van der Waals surface area contributed by atoms with Crippen LogP contribution in [0.15, 0.2) is 35.4 Å². The Morgan fingerprint density at radius 3 is 2.77 bits per heavy atom. The summed E-state index contributed by atoms with van der Waals surface area (Å²) >= 11 is 0. The number of rotatable bonds is 3. The fraction of sp³-hybridized carbons (Fsp3) is 0.571. The Labute approximate surface area is 127 Å². The predicted molar refractivity (Wildman–Crippen MR) is 74.6 cm³/mol.